The molecule has 162 valence electrons. The first-order chi connectivity index (χ1) is 15.1. The largest absolute Gasteiger partial charge is 0.382 e. The van der Waals surface area contributed by atoms with Gasteiger partial charge >= 0.3 is 5.69 Å². The Morgan fingerprint density at radius 3 is 3.00 bits per heavy atom. The molecule has 1 aliphatic rings. The molecule has 3 N–H and O–H groups in total. The molecule has 0 spiro atoms. The van der Waals surface area contributed by atoms with Gasteiger partial charge in [0.2, 0.25) is 0 Å². The number of carbonyl (C=O) groups is 1. The standard InChI is InChI=1S/C21H25N7O2S/c1-3-22-10-11-24-14-8-9-23-12-15(14)25-19(29)16-13-31-20(26-16)28-18-7-5-4-6-17(18)27(2)21(28)30/h4,6,8-9,12-13,22H,3,5,7,10-11H2,1-2H3,(H,23,24)(H,25,29). The topological polar surface area (TPSA) is 106 Å². The highest BCUT2D eigenvalue weighted by molar-refractivity contribution is 7.12. The summed E-state index contributed by atoms with van der Waals surface area (Å²) in [4.78, 5) is 34.1. The van der Waals surface area contributed by atoms with E-state index in [4.69, 9.17) is 0 Å². The van der Waals surface area contributed by atoms with Crippen molar-refractivity contribution in [2.75, 3.05) is 30.3 Å². The van der Waals surface area contributed by atoms with E-state index >= 15 is 0 Å². The number of pyridine rings is 1. The highest BCUT2D eigenvalue weighted by Gasteiger charge is 2.22. The van der Waals surface area contributed by atoms with Gasteiger partial charge in [0, 0.05) is 31.7 Å². The molecule has 0 fully saturated rings. The number of fused-ring (bicyclic) bond motifs is 1. The summed E-state index contributed by atoms with van der Waals surface area (Å²) >= 11 is 1.28. The molecule has 1 amide bonds. The number of hydrogen-bond acceptors (Lipinski definition) is 7. The van der Waals surface area contributed by atoms with Gasteiger partial charge in [0.05, 0.1) is 29.0 Å². The monoisotopic (exact) mass is 439 g/mol. The van der Waals surface area contributed by atoms with Crippen molar-refractivity contribution in [3.63, 3.8) is 0 Å². The summed E-state index contributed by atoms with van der Waals surface area (Å²) in [5, 5.41) is 11.6. The van der Waals surface area contributed by atoms with Crippen LogP contribution in [0.2, 0.25) is 0 Å². The fraction of sp³-hybridized carbons (Fsp3) is 0.333. The molecule has 31 heavy (non-hydrogen) atoms. The van der Waals surface area contributed by atoms with E-state index < -0.39 is 0 Å². The maximum absolute atomic E-state index is 12.8. The number of anilines is 2. The number of amides is 1. The minimum atomic E-state index is -0.344. The Kier molecular flexibility index (Phi) is 6.28. The molecular weight excluding hydrogens is 414 g/mol. The SMILES string of the molecule is CCNCCNc1ccncc1NC(=O)c1csc(-n2c3c(n(C)c2=O)C=CCC3)n1. The van der Waals surface area contributed by atoms with Crippen molar-refractivity contribution in [3.8, 4) is 5.13 Å². The first kappa shape index (κ1) is 21.0. The number of imidazole rings is 1. The van der Waals surface area contributed by atoms with E-state index in [1.165, 1.54) is 11.3 Å². The lowest BCUT2D eigenvalue weighted by Crippen LogP contribution is -2.23. The summed E-state index contributed by atoms with van der Waals surface area (Å²) < 4.78 is 3.23. The van der Waals surface area contributed by atoms with Crippen LogP contribution in [0.25, 0.3) is 11.2 Å². The Labute approximate surface area is 183 Å². The molecule has 10 heteroatoms. The maximum Gasteiger partial charge on any atom is 0.335 e. The molecular formula is C21H25N7O2S. The van der Waals surface area contributed by atoms with E-state index in [0.717, 1.165) is 49.6 Å². The smallest absolute Gasteiger partial charge is 0.335 e. The molecule has 0 aromatic carbocycles. The van der Waals surface area contributed by atoms with Crippen LogP contribution in [0.5, 0.6) is 0 Å². The average Bonchev–Trinajstić information content (AvgIpc) is 3.36. The summed E-state index contributed by atoms with van der Waals surface area (Å²) in [6.45, 7) is 4.49. The minimum absolute atomic E-state index is 0.155. The second kappa shape index (κ2) is 9.27. The van der Waals surface area contributed by atoms with Crippen molar-refractivity contribution in [1.82, 2.24) is 24.4 Å². The zero-order chi connectivity index (χ0) is 21.8. The Hall–Kier alpha value is -3.24. The Bertz CT molecular complexity index is 1170. The summed E-state index contributed by atoms with van der Waals surface area (Å²) in [5.74, 6) is -0.344. The zero-order valence-corrected chi connectivity index (χ0v) is 18.3. The van der Waals surface area contributed by atoms with E-state index in [1.807, 2.05) is 12.1 Å². The van der Waals surface area contributed by atoms with E-state index in [-0.39, 0.29) is 17.3 Å². The number of nitrogens with zero attached hydrogens (tertiary/aromatic N) is 4. The molecule has 0 bridgehead atoms. The highest BCUT2D eigenvalue weighted by Crippen LogP contribution is 2.24. The van der Waals surface area contributed by atoms with Gasteiger partial charge in [-0.05, 0) is 31.5 Å². The summed E-state index contributed by atoms with van der Waals surface area (Å²) in [6, 6.07) is 1.82. The number of aromatic nitrogens is 4. The highest BCUT2D eigenvalue weighted by atomic mass is 32.1. The number of likely N-dealkylation sites (N-methyl/N-ethyl adjacent to an activating group) is 1. The van der Waals surface area contributed by atoms with E-state index in [9.17, 15) is 9.59 Å². The van der Waals surface area contributed by atoms with Crippen molar-refractivity contribution in [3.05, 3.63) is 57.5 Å². The summed E-state index contributed by atoms with van der Waals surface area (Å²) in [7, 11) is 1.75. The fourth-order valence-corrected chi connectivity index (χ4v) is 4.33. The van der Waals surface area contributed by atoms with Crippen LogP contribution in [-0.4, -0.2) is 44.6 Å². The van der Waals surface area contributed by atoms with Gasteiger partial charge in [-0.2, -0.15) is 0 Å². The molecule has 0 atom stereocenters. The van der Waals surface area contributed by atoms with E-state index in [2.05, 4.69) is 38.9 Å². The number of carbonyl (C=O) groups excluding carboxylic acids is 1. The third kappa shape index (κ3) is 4.30. The summed E-state index contributed by atoms with van der Waals surface area (Å²) in [5.41, 5.74) is 3.29. The summed E-state index contributed by atoms with van der Waals surface area (Å²) in [6.07, 6.45) is 8.94. The lowest BCUT2D eigenvalue weighted by Gasteiger charge is -2.12. The molecule has 0 aliphatic heterocycles. The fourth-order valence-electron chi connectivity index (χ4n) is 3.50. The maximum atomic E-state index is 12.8. The molecule has 3 aromatic rings. The van der Waals surface area contributed by atoms with Gasteiger partial charge < -0.3 is 16.0 Å². The Morgan fingerprint density at radius 1 is 1.29 bits per heavy atom. The molecule has 3 heterocycles. The third-order valence-electron chi connectivity index (χ3n) is 5.08. The number of hydrogen-bond donors (Lipinski definition) is 3. The van der Waals surface area contributed by atoms with E-state index in [0.29, 0.717) is 10.8 Å². The molecule has 3 aromatic heterocycles. The normalized spacial score (nSPS) is 12.6. The van der Waals surface area contributed by atoms with Crippen LogP contribution in [0.15, 0.2) is 34.7 Å². The van der Waals surface area contributed by atoms with Crippen molar-refractivity contribution >= 4 is 34.7 Å². The molecule has 0 saturated heterocycles. The van der Waals surface area contributed by atoms with Gasteiger partial charge in [0.15, 0.2) is 5.13 Å². The minimum Gasteiger partial charge on any atom is -0.382 e. The van der Waals surface area contributed by atoms with Crippen molar-refractivity contribution in [2.45, 2.75) is 19.8 Å². The zero-order valence-electron chi connectivity index (χ0n) is 17.5. The number of allylic oxidation sites excluding steroid dienone is 1. The predicted octanol–water partition coefficient (Wildman–Crippen LogP) is 2.26. The predicted molar refractivity (Wildman–Crippen MR) is 123 cm³/mol. The van der Waals surface area contributed by atoms with Crippen LogP contribution in [0.1, 0.15) is 35.2 Å². The Morgan fingerprint density at radius 2 is 2.16 bits per heavy atom. The van der Waals surface area contributed by atoms with Gasteiger partial charge in [-0.15, -0.1) is 11.3 Å². The van der Waals surface area contributed by atoms with Crippen LogP contribution in [-0.2, 0) is 13.5 Å². The molecule has 0 unspecified atom stereocenters. The second-order valence-electron chi connectivity index (χ2n) is 7.12. The van der Waals surface area contributed by atoms with Crippen LogP contribution in [0.3, 0.4) is 0 Å². The number of thiazole rings is 1. The lowest BCUT2D eigenvalue weighted by atomic mass is 10.1. The van der Waals surface area contributed by atoms with Gasteiger partial charge in [-0.1, -0.05) is 13.0 Å². The molecule has 0 radical (unpaired) electrons. The lowest BCUT2D eigenvalue weighted by molar-refractivity contribution is 0.102. The van der Waals surface area contributed by atoms with Gasteiger partial charge in [0.1, 0.15) is 5.69 Å². The number of rotatable bonds is 8. The van der Waals surface area contributed by atoms with Gasteiger partial charge in [-0.3, -0.25) is 14.3 Å². The third-order valence-corrected chi connectivity index (χ3v) is 5.91. The Balaban J connectivity index is 1.53. The van der Waals surface area contributed by atoms with Crippen LogP contribution in [0.4, 0.5) is 11.4 Å². The molecule has 0 saturated carbocycles. The van der Waals surface area contributed by atoms with E-state index in [1.54, 1.807) is 34.0 Å². The molecule has 9 nitrogen and oxygen atoms in total. The first-order valence-corrected chi connectivity index (χ1v) is 11.1. The quantitative estimate of drug-likeness (QED) is 0.465. The molecule has 1 aliphatic carbocycles. The van der Waals surface area contributed by atoms with Gasteiger partial charge in [0.25, 0.3) is 5.91 Å². The van der Waals surface area contributed by atoms with Gasteiger partial charge in [-0.25, -0.2) is 14.3 Å². The first-order valence-electron chi connectivity index (χ1n) is 10.2. The molecule has 4 rings (SSSR count). The van der Waals surface area contributed by atoms with Crippen molar-refractivity contribution in [2.24, 2.45) is 7.05 Å². The number of nitrogens with one attached hydrogen (secondary N) is 3. The van der Waals surface area contributed by atoms with Crippen molar-refractivity contribution in [1.29, 1.82) is 0 Å². The second-order valence-corrected chi connectivity index (χ2v) is 7.96. The average molecular weight is 440 g/mol. The van der Waals surface area contributed by atoms with Crippen LogP contribution < -0.4 is 21.6 Å². The van der Waals surface area contributed by atoms with Crippen molar-refractivity contribution < 1.29 is 4.79 Å². The van der Waals surface area contributed by atoms with Crippen LogP contribution >= 0.6 is 11.3 Å². The van der Waals surface area contributed by atoms with Crippen LogP contribution in [0, 0.1) is 0 Å².